The van der Waals surface area contributed by atoms with Crippen molar-refractivity contribution in [1.29, 1.82) is 0 Å². The number of fused-ring (bicyclic) bond motifs is 8. The van der Waals surface area contributed by atoms with Crippen LogP contribution >= 0.6 is 0 Å². The van der Waals surface area contributed by atoms with Crippen molar-refractivity contribution in [1.82, 2.24) is 5.32 Å². The van der Waals surface area contributed by atoms with Crippen molar-refractivity contribution >= 4 is 29.2 Å². The number of phenols is 3. The number of ketones is 3. The number of benzene rings is 3. The zero-order chi connectivity index (χ0) is 51.0. The molecule has 0 spiro atoms. The average molecular weight is 996 g/mol. The van der Waals surface area contributed by atoms with Gasteiger partial charge in [-0.3, -0.25) is 24.0 Å². The molecule has 1 amide bonds. The first-order valence-corrected chi connectivity index (χ1v) is 26.2. The maximum absolute atomic E-state index is 14.0. The summed E-state index contributed by atoms with van der Waals surface area (Å²) in [5.74, 6) is -1.75. The van der Waals surface area contributed by atoms with Gasteiger partial charge in [0.2, 0.25) is 11.7 Å². The molecular formula is C56H69NO15. The van der Waals surface area contributed by atoms with Crippen molar-refractivity contribution < 1.29 is 73.6 Å². The van der Waals surface area contributed by atoms with E-state index in [1.165, 1.54) is 36.4 Å². The number of carbonyl (C=O) groups excluding carboxylic acids is 5. The third kappa shape index (κ3) is 10.0. The van der Waals surface area contributed by atoms with Gasteiger partial charge in [-0.1, -0.05) is 56.7 Å². The number of nitrogens with one attached hydrogen (secondary N) is 1. The van der Waals surface area contributed by atoms with Gasteiger partial charge >= 0.3 is 5.97 Å². The Morgan fingerprint density at radius 3 is 2.26 bits per heavy atom. The number of amides is 1. The fourth-order valence-electron chi connectivity index (χ4n) is 13.3. The lowest BCUT2D eigenvalue weighted by atomic mass is 9.61. The molecule has 16 nitrogen and oxygen atoms in total. The number of rotatable bonds is 18. The Morgan fingerprint density at radius 1 is 0.819 bits per heavy atom. The second-order valence-corrected chi connectivity index (χ2v) is 21.2. The summed E-state index contributed by atoms with van der Waals surface area (Å²) < 4.78 is 23.8. The van der Waals surface area contributed by atoms with Gasteiger partial charge < -0.3 is 54.9 Å². The van der Waals surface area contributed by atoms with Crippen LogP contribution in [0.3, 0.4) is 0 Å². The van der Waals surface area contributed by atoms with Crippen LogP contribution in [0.2, 0.25) is 0 Å². The van der Waals surface area contributed by atoms with Gasteiger partial charge in [-0.15, -0.1) is 0 Å². The first kappa shape index (κ1) is 51.5. The second-order valence-electron chi connectivity index (χ2n) is 21.2. The molecule has 3 aromatic rings. The molecule has 1 aliphatic heterocycles. The number of hydrogen-bond donors (Lipinski definition) is 7. The quantitative estimate of drug-likeness (QED) is 0.0306. The molecular weight excluding hydrogens is 927 g/mol. The average Bonchev–Trinajstić information content (AvgIpc) is 3.77. The molecule has 2 saturated carbocycles. The fourth-order valence-corrected chi connectivity index (χ4v) is 13.3. The normalized spacial score (nSPS) is 29.2. The van der Waals surface area contributed by atoms with Crippen molar-refractivity contribution in [3.05, 3.63) is 80.9 Å². The molecule has 16 heteroatoms. The zero-order valence-electron chi connectivity index (χ0n) is 41.2. The molecule has 1 saturated heterocycles. The topological polar surface area (TPSA) is 256 Å². The summed E-state index contributed by atoms with van der Waals surface area (Å²) in [6.07, 6.45) is 8.46. The lowest BCUT2D eigenvalue weighted by Gasteiger charge is -2.44. The number of unbranched alkanes of at least 4 members (excludes halogenated alkanes) is 7. The molecule has 9 rings (SSSR count). The van der Waals surface area contributed by atoms with E-state index >= 15 is 0 Å². The standard InChI is InChI=1S/C56H69NO15/c1-29-51(63)39(25-46(70-29)72-42-27-56(68,43(60)28-58)26-38-48(42)55(67)50-49(53(38)65)52(64)37-12-11-13-41(69-2)47(37)54(50)66)57-44(61)14-9-7-5-3-4-6-8-10-15-45(62)71-40-23-22-35-34-18-16-30-24-31(59)17-19-32(30)33(34)20-21-36(35)40/h11-13,17,19,24,29,33-36,39-40,42,46,51,58-59,63,65,67-68H,3-10,14-16,18,20-23,25-28H2,1-2H3,(H,57,61)/t29-,33+,34+,35-,36?,39-,40?,42-,46-,51+,56-/m0/s1. The van der Waals surface area contributed by atoms with E-state index in [0.717, 1.165) is 83.5 Å². The molecule has 0 bridgehead atoms. The van der Waals surface area contributed by atoms with Crippen LogP contribution in [-0.2, 0) is 41.4 Å². The molecule has 7 N–H and O–H groups in total. The summed E-state index contributed by atoms with van der Waals surface area (Å²) in [5.41, 5.74) is -1.21. The molecule has 5 aliphatic carbocycles. The molecule has 11 atom stereocenters. The van der Waals surface area contributed by atoms with Crippen LogP contribution in [0.15, 0.2) is 36.4 Å². The molecule has 6 aliphatic rings. The van der Waals surface area contributed by atoms with Gasteiger partial charge in [0.25, 0.3) is 0 Å². The molecule has 2 unspecified atom stereocenters. The minimum absolute atomic E-state index is 0.0279. The van der Waals surface area contributed by atoms with Gasteiger partial charge in [-0.25, -0.2) is 0 Å². The number of phenolic OH excluding ortho intramolecular Hbond substituents is 3. The van der Waals surface area contributed by atoms with E-state index in [2.05, 4.69) is 11.4 Å². The van der Waals surface area contributed by atoms with E-state index in [1.54, 1.807) is 6.92 Å². The van der Waals surface area contributed by atoms with E-state index in [4.69, 9.17) is 18.9 Å². The van der Waals surface area contributed by atoms with Crippen LogP contribution in [0.4, 0.5) is 0 Å². The summed E-state index contributed by atoms with van der Waals surface area (Å²) in [6, 6.07) is 9.40. The van der Waals surface area contributed by atoms with E-state index < -0.39 is 95.7 Å². The Hall–Kier alpha value is -5.39. The Labute approximate surface area is 419 Å². The monoisotopic (exact) mass is 995 g/mol. The van der Waals surface area contributed by atoms with E-state index in [1.807, 2.05) is 12.1 Å². The Balaban J connectivity index is 0.713. The van der Waals surface area contributed by atoms with Crippen molar-refractivity contribution in [3.63, 3.8) is 0 Å². The summed E-state index contributed by atoms with van der Waals surface area (Å²) in [4.78, 5) is 67.0. The number of hydrogen-bond acceptors (Lipinski definition) is 15. The minimum atomic E-state index is -2.33. The van der Waals surface area contributed by atoms with Gasteiger partial charge in [0.1, 0.15) is 47.4 Å². The van der Waals surface area contributed by atoms with E-state index in [-0.39, 0.29) is 58.8 Å². The molecule has 0 aromatic heterocycles. The largest absolute Gasteiger partial charge is 0.508 e. The van der Waals surface area contributed by atoms with Crippen LogP contribution < -0.4 is 10.1 Å². The number of Topliss-reactive ketones (excluding diaryl/α,β-unsaturated/α-hetero) is 1. The molecule has 72 heavy (non-hydrogen) atoms. The van der Waals surface area contributed by atoms with Crippen LogP contribution in [0, 0.1) is 17.8 Å². The van der Waals surface area contributed by atoms with E-state index in [0.29, 0.717) is 42.3 Å². The van der Waals surface area contributed by atoms with Crippen molar-refractivity contribution in [3.8, 4) is 23.0 Å². The number of aromatic hydroxyl groups is 3. The Bertz CT molecular complexity index is 2580. The zero-order valence-corrected chi connectivity index (χ0v) is 41.2. The predicted molar refractivity (Wildman–Crippen MR) is 260 cm³/mol. The van der Waals surface area contributed by atoms with Crippen LogP contribution in [0.25, 0.3) is 0 Å². The Morgan fingerprint density at radius 2 is 1.53 bits per heavy atom. The van der Waals surface area contributed by atoms with Crippen LogP contribution in [0.1, 0.15) is 182 Å². The number of aryl methyl sites for hydroxylation is 1. The summed E-state index contributed by atoms with van der Waals surface area (Å²) >= 11 is 0. The molecule has 3 aromatic carbocycles. The lowest BCUT2D eigenvalue weighted by molar-refractivity contribution is -0.249. The summed E-state index contributed by atoms with van der Waals surface area (Å²) in [5, 5.41) is 68.9. The first-order chi connectivity index (χ1) is 34.6. The highest BCUT2D eigenvalue weighted by Gasteiger charge is 2.52. The summed E-state index contributed by atoms with van der Waals surface area (Å²) in [7, 11) is 1.32. The number of carbonyl (C=O) groups is 5. The smallest absolute Gasteiger partial charge is 0.306 e. The van der Waals surface area contributed by atoms with E-state index in [9.17, 15) is 54.6 Å². The minimum Gasteiger partial charge on any atom is -0.508 e. The number of esters is 1. The lowest BCUT2D eigenvalue weighted by Crippen LogP contribution is -2.55. The van der Waals surface area contributed by atoms with Gasteiger partial charge in [0, 0.05) is 48.8 Å². The number of ether oxygens (including phenoxy) is 4. The van der Waals surface area contributed by atoms with Crippen LogP contribution in [0.5, 0.6) is 23.0 Å². The Kier molecular flexibility index (Phi) is 15.5. The number of aliphatic hydroxyl groups excluding tert-OH is 2. The van der Waals surface area contributed by atoms with Gasteiger partial charge in [0.05, 0.1) is 42.0 Å². The maximum atomic E-state index is 14.0. The number of aliphatic hydroxyl groups is 3. The number of methoxy groups -OCH3 is 1. The highest BCUT2D eigenvalue weighted by atomic mass is 16.7. The molecule has 388 valence electrons. The highest BCUT2D eigenvalue weighted by molar-refractivity contribution is 6.31. The maximum Gasteiger partial charge on any atom is 0.306 e. The molecule has 3 fully saturated rings. The third-order valence-electron chi connectivity index (χ3n) is 16.9. The van der Waals surface area contributed by atoms with Gasteiger partial charge in [0.15, 0.2) is 17.9 Å². The highest BCUT2D eigenvalue weighted by Crippen LogP contribution is 2.56. The van der Waals surface area contributed by atoms with Crippen molar-refractivity contribution in [2.45, 2.75) is 177 Å². The third-order valence-corrected chi connectivity index (χ3v) is 16.9. The van der Waals surface area contributed by atoms with Gasteiger partial charge in [-0.05, 0) is 111 Å². The molecule has 1 heterocycles. The predicted octanol–water partition coefficient (Wildman–Crippen LogP) is 6.84. The summed E-state index contributed by atoms with van der Waals surface area (Å²) in [6.45, 7) is 0.521. The van der Waals surface area contributed by atoms with Crippen LogP contribution in [-0.4, -0.2) is 110 Å². The fraction of sp³-hybridized carbons (Fsp3) is 0.589. The van der Waals surface area contributed by atoms with Gasteiger partial charge in [-0.2, -0.15) is 0 Å². The van der Waals surface area contributed by atoms with Crippen molar-refractivity contribution in [2.75, 3.05) is 13.7 Å². The first-order valence-electron chi connectivity index (χ1n) is 26.2. The second kappa shape index (κ2) is 21.6. The molecule has 0 radical (unpaired) electrons. The van der Waals surface area contributed by atoms with Crippen molar-refractivity contribution in [2.24, 2.45) is 17.8 Å². The SMILES string of the molecule is COc1cccc2c1C(=O)c1c(O)c3c(c(O)c1C2=O)C[C@@](O)(C(=O)CO)C[C@@H]3O[C@H]1C[C@H](NC(=O)CCCCCCCCCCC(=O)OC2CC[C@@H]3C2CC[C@@H]2c4ccc(O)cc4CC[C@H]23)[C@H](O)[C@H](C)O1.